The van der Waals surface area contributed by atoms with Gasteiger partial charge in [0.15, 0.2) is 5.82 Å². The van der Waals surface area contributed by atoms with Crippen LogP contribution in [0.25, 0.3) is 5.52 Å². The lowest BCUT2D eigenvalue weighted by Gasteiger charge is -2.34. The van der Waals surface area contributed by atoms with Crippen LogP contribution >= 0.6 is 12.4 Å². The molecule has 1 fully saturated rings. The Kier molecular flexibility index (Phi) is 5.54. The summed E-state index contributed by atoms with van der Waals surface area (Å²) in [5.74, 6) is -1.88. The molecular formula is C16H20ClFN4O3. The number of rotatable bonds is 3. The lowest BCUT2D eigenvalue weighted by atomic mass is 10.2. The summed E-state index contributed by atoms with van der Waals surface area (Å²) < 4.78 is 15.6. The van der Waals surface area contributed by atoms with E-state index in [1.165, 1.54) is 6.07 Å². The monoisotopic (exact) mass is 370 g/mol. The zero-order chi connectivity index (χ0) is 17.4. The molecule has 2 aromatic rings. The highest BCUT2D eigenvalue weighted by atomic mass is 35.5. The molecule has 1 saturated heterocycles. The minimum atomic E-state index is -1.34. The number of carboxylic acids is 1. The number of carbonyl (C=O) groups is 1. The summed E-state index contributed by atoms with van der Waals surface area (Å²) in [5, 5.41) is 12.0. The van der Waals surface area contributed by atoms with Gasteiger partial charge in [0.25, 0.3) is 5.56 Å². The summed E-state index contributed by atoms with van der Waals surface area (Å²) in [6.07, 6.45) is 1.07. The third kappa shape index (κ3) is 3.40. The van der Waals surface area contributed by atoms with E-state index >= 15 is 0 Å². The van der Waals surface area contributed by atoms with Crippen molar-refractivity contribution in [1.29, 1.82) is 0 Å². The molecule has 0 bridgehead atoms. The zero-order valence-electron chi connectivity index (χ0n) is 14.0. The summed E-state index contributed by atoms with van der Waals surface area (Å²) in [5.41, 5.74) is 0.177. The van der Waals surface area contributed by atoms with Crippen molar-refractivity contribution in [3.05, 3.63) is 40.1 Å². The van der Waals surface area contributed by atoms with Crippen LogP contribution in [0.15, 0.2) is 23.1 Å². The highest BCUT2D eigenvalue weighted by molar-refractivity contribution is 5.91. The molecule has 0 unspecified atom stereocenters. The Morgan fingerprint density at radius 1 is 1.24 bits per heavy atom. The molecular weight excluding hydrogens is 351 g/mol. The van der Waals surface area contributed by atoms with E-state index in [-0.39, 0.29) is 12.4 Å². The number of carboxylic acid groups (broad SMARTS) is 1. The molecule has 1 aliphatic heterocycles. The van der Waals surface area contributed by atoms with Crippen molar-refractivity contribution in [2.24, 2.45) is 0 Å². The van der Waals surface area contributed by atoms with Crippen LogP contribution in [-0.4, -0.2) is 60.7 Å². The number of halogens is 2. The Labute approximate surface area is 150 Å². The normalized spacial score (nSPS) is 15.1. The average molecular weight is 371 g/mol. The summed E-state index contributed by atoms with van der Waals surface area (Å²) in [6.45, 7) is 3.04. The molecule has 1 aliphatic rings. The number of nitrogens with one attached hydrogen (secondary N) is 1. The second-order valence-corrected chi connectivity index (χ2v) is 5.88. The van der Waals surface area contributed by atoms with E-state index in [4.69, 9.17) is 5.11 Å². The average Bonchev–Trinajstić information content (AvgIpc) is 2.56. The molecule has 3 rings (SSSR count). The predicted molar refractivity (Wildman–Crippen MR) is 97.1 cm³/mol. The van der Waals surface area contributed by atoms with Gasteiger partial charge < -0.3 is 20.2 Å². The molecule has 7 nitrogen and oxygen atoms in total. The highest BCUT2D eigenvalue weighted by Crippen LogP contribution is 2.26. The van der Waals surface area contributed by atoms with Gasteiger partial charge in [-0.05, 0) is 19.2 Å². The van der Waals surface area contributed by atoms with E-state index in [0.29, 0.717) is 30.0 Å². The van der Waals surface area contributed by atoms with Gasteiger partial charge in [-0.15, -0.1) is 12.4 Å². The molecule has 0 saturated carbocycles. The number of piperazine rings is 1. The summed E-state index contributed by atoms with van der Waals surface area (Å²) in [4.78, 5) is 27.6. The van der Waals surface area contributed by atoms with E-state index in [1.807, 2.05) is 11.9 Å². The maximum Gasteiger partial charge on any atom is 0.341 e. The molecule has 2 aromatic heterocycles. The largest absolute Gasteiger partial charge is 0.477 e. The number of fused-ring (bicyclic) bond motifs is 1. The Bertz CT molecular complexity index is 863. The van der Waals surface area contributed by atoms with Crippen molar-refractivity contribution >= 4 is 35.3 Å². The minimum Gasteiger partial charge on any atom is -0.477 e. The van der Waals surface area contributed by atoms with Gasteiger partial charge in [0.05, 0.1) is 23.1 Å². The van der Waals surface area contributed by atoms with Crippen LogP contribution < -0.4 is 15.8 Å². The molecule has 0 atom stereocenters. The van der Waals surface area contributed by atoms with Crippen LogP contribution in [0.1, 0.15) is 10.4 Å². The molecule has 0 aliphatic carbocycles. The van der Waals surface area contributed by atoms with Crippen LogP contribution in [0.4, 0.5) is 15.8 Å². The maximum atomic E-state index is 14.6. The predicted octanol–water partition coefficient (Wildman–Crippen LogP) is 1.35. The van der Waals surface area contributed by atoms with Crippen molar-refractivity contribution in [3.63, 3.8) is 0 Å². The second-order valence-electron chi connectivity index (χ2n) is 5.88. The van der Waals surface area contributed by atoms with Gasteiger partial charge >= 0.3 is 5.97 Å². The van der Waals surface area contributed by atoms with E-state index in [9.17, 15) is 14.0 Å². The fourth-order valence-electron chi connectivity index (χ4n) is 2.95. The van der Waals surface area contributed by atoms with Gasteiger partial charge in [0.2, 0.25) is 0 Å². The SMILES string of the molecule is CNc1cc(C(=O)O)c(=O)n2cc(F)c(N3CCN(C)CC3)cc12.Cl. The topological polar surface area (TPSA) is 77.3 Å². The quantitative estimate of drug-likeness (QED) is 0.849. The van der Waals surface area contributed by atoms with Gasteiger partial charge in [-0.3, -0.25) is 9.20 Å². The Hall–Kier alpha value is -2.32. The molecule has 0 aromatic carbocycles. The van der Waals surface area contributed by atoms with Gasteiger partial charge in [-0.25, -0.2) is 9.18 Å². The van der Waals surface area contributed by atoms with Gasteiger partial charge in [-0.1, -0.05) is 0 Å². The Balaban J connectivity index is 0.00000225. The number of aromatic nitrogens is 1. The van der Waals surface area contributed by atoms with Crippen LogP contribution in [0.2, 0.25) is 0 Å². The van der Waals surface area contributed by atoms with Crippen LogP contribution in [0.3, 0.4) is 0 Å². The number of likely N-dealkylation sites (N-methyl/N-ethyl adjacent to an activating group) is 1. The fraction of sp³-hybridized carbons (Fsp3) is 0.375. The maximum absolute atomic E-state index is 14.6. The first kappa shape index (κ1) is 19.0. The Morgan fingerprint density at radius 3 is 2.44 bits per heavy atom. The van der Waals surface area contributed by atoms with Crippen molar-refractivity contribution in [1.82, 2.24) is 9.30 Å². The van der Waals surface area contributed by atoms with Gasteiger partial charge in [0, 0.05) is 33.2 Å². The number of aromatic carboxylic acids is 1. The molecule has 9 heteroatoms. The Morgan fingerprint density at radius 2 is 1.88 bits per heavy atom. The smallest absolute Gasteiger partial charge is 0.341 e. The summed E-state index contributed by atoms with van der Waals surface area (Å²) in [6, 6.07) is 2.88. The number of hydrogen-bond donors (Lipinski definition) is 2. The lowest BCUT2D eigenvalue weighted by Crippen LogP contribution is -2.44. The van der Waals surface area contributed by atoms with E-state index in [2.05, 4.69) is 10.2 Å². The summed E-state index contributed by atoms with van der Waals surface area (Å²) >= 11 is 0. The van der Waals surface area contributed by atoms with E-state index in [1.54, 1.807) is 13.1 Å². The molecule has 0 spiro atoms. The first-order valence-electron chi connectivity index (χ1n) is 7.66. The van der Waals surface area contributed by atoms with Crippen molar-refractivity contribution < 1.29 is 14.3 Å². The number of nitrogens with zero attached hydrogens (tertiary/aromatic N) is 3. The first-order chi connectivity index (χ1) is 11.4. The number of pyridine rings is 2. The lowest BCUT2D eigenvalue weighted by molar-refractivity contribution is 0.0695. The van der Waals surface area contributed by atoms with Crippen molar-refractivity contribution in [2.45, 2.75) is 0 Å². The van der Waals surface area contributed by atoms with Crippen LogP contribution in [-0.2, 0) is 0 Å². The van der Waals surface area contributed by atoms with Crippen LogP contribution in [0, 0.1) is 5.82 Å². The first-order valence-corrected chi connectivity index (χ1v) is 7.66. The number of hydrogen-bond acceptors (Lipinski definition) is 5. The third-order valence-corrected chi connectivity index (χ3v) is 4.38. The molecule has 0 amide bonds. The molecule has 3 heterocycles. The van der Waals surface area contributed by atoms with Crippen molar-refractivity contribution in [3.8, 4) is 0 Å². The zero-order valence-corrected chi connectivity index (χ0v) is 14.8. The van der Waals surface area contributed by atoms with Crippen LogP contribution in [0.5, 0.6) is 0 Å². The molecule has 2 N–H and O–H groups in total. The molecule has 25 heavy (non-hydrogen) atoms. The van der Waals surface area contributed by atoms with Crippen molar-refractivity contribution in [2.75, 3.05) is 50.5 Å². The van der Waals surface area contributed by atoms with Gasteiger partial charge in [-0.2, -0.15) is 0 Å². The number of anilines is 2. The highest BCUT2D eigenvalue weighted by Gasteiger charge is 2.21. The fourth-order valence-corrected chi connectivity index (χ4v) is 2.95. The van der Waals surface area contributed by atoms with E-state index in [0.717, 1.165) is 23.7 Å². The standard InChI is InChI=1S/C16H19FN4O3.ClH/c1-18-12-7-10(16(23)24)15(22)21-9-11(17)13(8-14(12)21)20-5-3-19(2)4-6-20;/h7-9,18H,3-6H2,1-2H3,(H,23,24);1H. The molecule has 136 valence electrons. The third-order valence-electron chi connectivity index (χ3n) is 4.38. The summed E-state index contributed by atoms with van der Waals surface area (Å²) in [7, 11) is 3.64. The second kappa shape index (κ2) is 7.28. The van der Waals surface area contributed by atoms with Gasteiger partial charge in [0.1, 0.15) is 5.56 Å². The minimum absolute atomic E-state index is 0. The van der Waals surface area contributed by atoms with E-state index < -0.39 is 22.9 Å². The molecule has 0 radical (unpaired) electrons.